The summed E-state index contributed by atoms with van der Waals surface area (Å²) < 4.78 is 0. The lowest BCUT2D eigenvalue weighted by Crippen LogP contribution is -2.51. The summed E-state index contributed by atoms with van der Waals surface area (Å²) in [6.07, 6.45) is 1.33. The Morgan fingerprint density at radius 2 is 2.00 bits per heavy atom. The van der Waals surface area contributed by atoms with E-state index >= 15 is 0 Å². The Balaban J connectivity index is 1.85. The molecule has 114 valence electrons. The summed E-state index contributed by atoms with van der Waals surface area (Å²) in [5.74, 6) is 0.114. The standard InChI is InChI=1S/C16H23N3O2/c1-11-4-6-13(7-5-11)18-16(21)12(2)17-14-8-9-15(20)19(3)10-14/h4-7,12,14,17H,8-10H2,1-3H3,(H,18,21). The number of aryl methyl sites for hydroxylation is 1. The molecule has 1 fully saturated rings. The van der Waals surface area contributed by atoms with Gasteiger partial charge in [0.15, 0.2) is 0 Å². The monoisotopic (exact) mass is 289 g/mol. The maximum absolute atomic E-state index is 12.2. The summed E-state index contributed by atoms with van der Waals surface area (Å²) in [6.45, 7) is 4.51. The molecule has 1 aromatic rings. The van der Waals surface area contributed by atoms with Crippen LogP contribution in [0.15, 0.2) is 24.3 Å². The Kier molecular flexibility index (Phi) is 4.96. The van der Waals surface area contributed by atoms with Crippen molar-refractivity contribution in [3.05, 3.63) is 29.8 Å². The molecule has 2 N–H and O–H groups in total. The molecule has 0 bridgehead atoms. The van der Waals surface area contributed by atoms with Gasteiger partial charge in [-0.25, -0.2) is 0 Å². The lowest BCUT2D eigenvalue weighted by molar-refractivity contribution is -0.132. The minimum Gasteiger partial charge on any atom is -0.344 e. The van der Waals surface area contributed by atoms with E-state index in [1.165, 1.54) is 0 Å². The molecule has 0 spiro atoms. The van der Waals surface area contributed by atoms with Crippen molar-refractivity contribution in [3.63, 3.8) is 0 Å². The van der Waals surface area contributed by atoms with Crippen molar-refractivity contribution in [1.82, 2.24) is 10.2 Å². The minimum atomic E-state index is -0.294. The van der Waals surface area contributed by atoms with Crippen LogP contribution in [0.2, 0.25) is 0 Å². The fourth-order valence-electron chi connectivity index (χ4n) is 2.46. The number of benzene rings is 1. The van der Waals surface area contributed by atoms with Crippen molar-refractivity contribution in [2.24, 2.45) is 0 Å². The number of rotatable bonds is 4. The molecular weight excluding hydrogens is 266 g/mol. The van der Waals surface area contributed by atoms with Crippen molar-refractivity contribution < 1.29 is 9.59 Å². The van der Waals surface area contributed by atoms with E-state index in [1.807, 2.05) is 38.1 Å². The molecule has 21 heavy (non-hydrogen) atoms. The van der Waals surface area contributed by atoms with Gasteiger partial charge in [0.05, 0.1) is 6.04 Å². The van der Waals surface area contributed by atoms with Gasteiger partial charge in [0.1, 0.15) is 0 Å². The third kappa shape index (κ3) is 4.29. The van der Waals surface area contributed by atoms with Gasteiger partial charge >= 0.3 is 0 Å². The third-order valence-electron chi connectivity index (χ3n) is 3.82. The first-order chi connectivity index (χ1) is 9.95. The molecule has 0 aliphatic carbocycles. The molecule has 1 aliphatic rings. The van der Waals surface area contributed by atoms with Gasteiger partial charge in [-0.2, -0.15) is 0 Å². The van der Waals surface area contributed by atoms with Gasteiger partial charge in [-0.15, -0.1) is 0 Å². The maximum atomic E-state index is 12.2. The van der Waals surface area contributed by atoms with Crippen LogP contribution in [0.25, 0.3) is 0 Å². The van der Waals surface area contributed by atoms with E-state index in [9.17, 15) is 9.59 Å². The van der Waals surface area contributed by atoms with Crippen molar-refractivity contribution in [3.8, 4) is 0 Å². The number of nitrogens with one attached hydrogen (secondary N) is 2. The first kappa shape index (κ1) is 15.5. The van der Waals surface area contributed by atoms with E-state index < -0.39 is 0 Å². The van der Waals surface area contributed by atoms with E-state index in [-0.39, 0.29) is 23.9 Å². The lowest BCUT2D eigenvalue weighted by atomic mass is 10.0. The fourth-order valence-corrected chi connectivity index (χ4v) is 2.46. The van der Waals surface area contributed by atoms with Crippen LogP contribution in [0.1, 0.15) is 25.3 Å². The summed E-state index contributed by atoms with van der Waals surface area (Å²) in [6, 6.07) is 7.61. The summed E-state index contributed by atoms with van der Waals surface area (Å²) >= 11 is 0. The number of carbonyl (C=O) groups excluding carboxylic acids is 2. The molecule has 1 aliphatic heterocycles. The average Bonchev–Trinajstić information content (AvgIpc) is 2.45. The summed E-state index contributed by atoms with van der Waals surface area (Å²) in [5, 5.41) is 6.19. The SMILES string of the molecule is Cc1ccc(NC(=O)C(C)NC2CCC(=O)N(C)C2)cc1. The van der Waals surface area contributed by atoms with E-state index in [4.69, 9.17) is 0 Å². The number of hydrogen-bond acceptors (Lipinski definition) is 3. The number of nitrogens with zero attached hydrogens (tertiary/aromatic N) is 1. The van der Waals surface area contributed by atoms with Crippen LogP contribution in [0.3, 0.4) is 0 Å². The van der Waals surface area contributed by atoms with Gasteiger partial charge in [0.2, 0.25) is 11.8 Å². The molecule has 1 aromatic carbocycles. The molecule has 0 saturated carbocycles. The normalized spacial score (nSPS) is 20.2. The molecule has 2 atom stereocenters. The summed E-state index contributed by atoms with van der Waals surface area (Å²) in [7, 11) is 1.80. The highest BCUT2D eigenvalue weighted by Crippen LogP contribution is 2.12. The smallest absolute Gasteiger partial charge is 0.241 e. The Morgan fingerprint density at radius 1 is 1.33 bits per heavy atom. The van der Waals surface area contributed by atoms with Crippen LogP contribution in [-0.2, 0) is 9.59 Å². The van der Waals surface area contributed by atoms with E-state index in [0.29, 0.717) is 13.0 Å². The van der Waals surface area contributed by atoms with E-state index in [1.54, 1.807) is 11.9 Å². The fraction of sp³-hybridized carbons (Fsp3) is 0.500. The zero-order valence-electron chi connectivity index (χ0n) is 12.8. The topological polar surface area (TPSA) is 61.4 Å². The maximum Gasteiger partial charge on any atom is 0.241 e. The molecule has 1 saturated heterocycles. The predicted octanol–water partition coefficient (Wildman–Crippen LogP) is 1.53. The molecule has 2 rings (SSSR count). The van der Waals surface area contributed by atoms with Crippen molar-refractivity contribution >= 4 is 17.5 Å². The number of likely N-dealkylation sites (N-methyl/N-ethyl adjacent to an activating group) is 1. The molecule has 5 heteroatoms. The number of likely N-dealkylation sites (tertiary alicyclic amines) is 1. The molecule has 5 nitrogen and oxygen atoms in total. The third-order valence-corrected chi connectivity index (χ3v) is 3.82. The molecule has 2 unspecified atom stereocenters. The van der Waals surface area contributed by atoms with Gasteiger partial charge in [-0.05, 0) is 32.4 Å². The highest BCUT2D eigenvalue weighted by molar-refractivity contribution is 5.94. The second kappa shape index (κ2) is 6.72. The quantitative estimate of drug-likeness (QED) is 0.883. The van der Waals surface area contributed by atoms with Crippen LogP contribution in [0.5, 0.6) is 0 Å². The van der Waals surface area contributed by atoms with Crippen LogP contribution >= 0.6 is 0 Å². The van der Waals surface area contributed by atoms with Gasteiger partial charge in [-0.1, -0.05) is 17.7 Å². The lowest BCUT2D eigenvalue weighted by Gasteiger charge is -2.31. The van der Waals surface area contributed by atoms with Crippen LogP contribution in [0, 0.1) is 6.92 Å². The van der Waals surface area contributed by atoms with Crippen LogP contribution in [-0.4, -0.2) is 42.4 Å². The second-order valence-corrected chi connectivity index (χ2v) is 5.75. The molecule has 0 aromatic heterocycles. The Bertz CT molecular complexity index is 513. The zero-order valence-corrected chi connectivity index (χ0v) is 12.8. The van der Waals surface area contributed by atoms with Gasteiger partial charge < -0.3 is 15.5 Å². The highest BCUT2D eigenvalue weighted by atomic mass is 16.2. The van der Waals surface area contributed by atoms with Crippen LogP contribution in [0.4, 0.5) is 5.69 Å². The molecule has 2 amide bonds. The largest absolute Gasteiger partial charge is 0.344 e. The zero-order chi connectivity index (χ0) is 15.4. The highest BCUT2D eigenvalue weighted by Gasteiger charge is 2.25. The predicted molar refractivity (Wildman–Crippen MR) is 83.1 cm³/mol. The number of piperidine rings is 1. The van der Waals surface area contributed by atoms with E-state index in [2.05, 4.69) is 10.6 Å². The van der Waals surface area contributed by atoms with Crippen molar-refractivity contribution in [1.29, 1.82) is 0 Å². The molecule has 1 heterocycles. The minimum absolute atomic E-state index is 0.0570. The second-order valence-electron chi connectivity index (χ2n) is 5.75. The number of anilines is 1. The van der Waals surface area contributed by atoms with Crippen molar-refractivity contribution in [2.45, 2.75) is 38.8 Å². The Labute approximate surface area is 125 Å². The average molecular weight is 289 g/mol. The van der Waals surface area contributed by atoms with Gasteiger partial charge in [0, 0.05) is 31.7 Å². The Morgan fingerprint density at radius 3 is 2.62 bits per heavy atom. The van der Waals surface area contributed by atoms with Crippen molar-refractivity contribution in [2.75, 3.05) is 18.9 Å². The number of hydrogen-bond donors (Lipinski definition) is 2. The molecule has 0 radical (unpaired) electrons. The van der Waals surface area contributed by atoms with Gasteiger partial charge in [0.25, 0.3) is 0 Å². The number of carbonyl (C=O) groups is 2. The summed E-state index contributed by atoms with van der Waals surface area (Å²) in [4.78, 5) is 25.3. The number of amides is 2. The van der Waals surface area contributed by atoms with E-state index in [0.717, 1.165) is 17.7 Å². The van der Waals surface area contributed by atoms with Gasteiger partial charge in [-0.3, -0.25) is 9.59 Å². The first-order valence-electron chi connectivity index (χ1n) is 7.33. The summed E-state index contributed by atoms with van der Waals surface area (Å²) in [5.41, 5.74) is 1.96. The van der Waals surface area contributed by atoms with Crippen LogP contribution < -0.4 is 10.6 Å². The molecular formula is C16H23N3O2. The Hall–Kier alpha value is -1.88. The first-order valence-corrected chi connectivity index (χ1v) is 7.33.